The lowest BCUT2D eigenvalue weighted by atomic mass is 10.2. The third-order valence-electron chi connectivity index (χ3n) is 6.53. The van der Waals surface area contributed by atoms with Crippen LogP contribution < -0.4 is 4.90 Å². The highest BCUT2D eigenvalue weighted by Crippen LogP contribution is 2.36. The summed E-state index contributed by atoms with van der Waals surface area (Å²) in [4.78, 5) is 36.6. The first kappa shape index (κ1) is 22.2. The fourth-order valence-electron chi connectivity index (χ4n) is 4.76. The lowest BCUT2D eigenvalue weighted by Gasteiger charge is -2.36. The van der Waals surface area contributed by atoms with Crippen LogP contribution in [0.1, 0.15) is 36.7 Å². The number of hydrogen-bond donors (Lipinski definition) is 0. The van der Waals surface area contributed by atoms with Gasteiger partial charge in [0.2, 0.25) is 11.8 Å². The molecule has 0 radical (unpaired) electrons. The van der Waals surface area contributed by atoms with Crippen molar-refractivity contribution in [1.29, 1.82) is 0 Å². The molecule has 2 saturated heterocycles. The minimum Gasteiger partial charge on any atom is -0.368 e. The van der Waals surface area contributed by atoms with Crippen LogP contribution in [-0.2, 0) is 9.59 Å². The fourth-order valence-corrected chi connectivity index (χ4v) is 6.06. The number of hydrogen-bond acceptors (Lipinski definition) is 5. The van der Waals surface area contributed by atoms with Crippen molar-refractivity contribution < 1.29 is 9.59 Å². The van der Waals surface area contributed by atoms with Crippen LogP contribution in [0, 0.1) is 0 Å². The Morgan fingerprint density at radius 1 is 0.970 bits per heavy atom. The van der Waals surface area contributed by atoms with E-state index in [1.165, 1.54) is 0 Å². The Balaban J connectivity index is 1.14. The van der Waals surface area contributed by atoms with Crippen LogP contribution in [0.5, 0.6) is 0 Å². The number of carbonyl (C=O) groups excluding carboxylic acids is 2. The van der Waals surface area contributed by atoms with Gasteiger partial charge in [0.05, 0.1) is 16.3 Å². The van der Waals surface area contributed by atoms with Gasteiger partial charge < -0.3 is 14.7 Å². The van der Waals surface area contributed by atoms with E-state index in [1.807, 2.05) is 52.3 Å². The number of aromatic nitrogens is 1. The number of likely N-dealkylation sites (tertiary alicyclic amines) is 1. The fraction of sp³-hybridized carbons (Fsp3) is 0.400. The van der Waals surface area contributed by atoms with Crippen LogP contribution in [0.4, 0.5) is 5.69 Å². The predicted molar refractivity (Wildman–Crippen MR) is 133 cm³/mol. The normalized spacial score (nSPS) is 18.8. The van der Waals surface area contributed by atoms with Crippen LogP contribution in [0.2, 0.25) is 5.02 Å². The Morgan fingerprint density at radius 3 is 2.55 bits per heavy atom. The summed E-state index contributed by atoms with van der Waals surface area (Å²) in [5.41, 5.74) is 2.07. The number of anilines is 1. The van der Waals surface area contributed by atoms with Gasteiger partial charge >= 0.3 is 0 Å². The van der Waals surface area contributed by atoms with Gasteiger partial charge in [-0.2, -0.15) is 0 Å². The minimum atomic E-state index is 0.0336. The second-order valence-electron chi connectivity index (χ2n) is 8.61. The molecular weight excluding hydrogens is 456 g/mol. The first-order chi connectivity index (χ1) is 16.1. The maximum Gasteiger partial charge on any atom is 0.223 e. The predicted octanol–water partition coefficient (Wildman–Crippen LogP) is 4.74. The van der Waals surface area contributed by atoms with Crippen molar-refractivity contribution in [3.05, 3.63) is 58.6 Å². The number of rotatable bonds is 5. The van der Waals surface area contributed by atoms with E-state index in [-0.39, 0.29) is 30.7 Å². The standard InChI is InChI=1S/C25H27ClN4O2S/c26-18-5-3-6-19(17-18)28-13-15-29(16-14-28)23(31)10-11-24(32)30-12-4-8-21(30)25-27-20-7-1-2-9-22(20)33-25/h1-3,5-7,9,17,21H,4,8,10-16H2/t21-/m1/s1. The summed E-state index contributed by atoms with van der Waals surface area (Å²) in [6.45, 7) is 3.61. The van der Waals surface area contributed by atoms with Crippen molar-refractivity contribution in [3.63, 3.8) is 0 Å². The molecule has 1 aromatic heterocycles. The van der Waals surface area contributed by atoms with Gasteiger partial charge in [-0.15, -0.1) is 11.3 Å². The number of fused-ring (bicyclic) bond motifs is 1. The summed E-state index contributed by atoms with van der Waals surface area (Å²) in [5, 5.41) is 1.72. The number of piperazine rings is 1. The molecule has 1 atom stereocenters. The summed E-state index contributed by atoms with van der Waals surface area (Å²) in [7, 11) is 0. The second kappa shape index (κ2) is 9.69. The van der Waals surface area contributed by atoms with Crippen LogP contribution in [-0.4, -0.2) is 59.3 Å². The molecule has 172 valence electrons. The summed E-state index contributed by atoms with van der Waals surface area (Å²) in [5.74, 6) is 0.118. The average Bonchev–Trinajstić information content (AvgIpc) is 3.49. The number of thiazole rings is 1. The summed E-state index contributed by atoms with van der Waals surface area (Å²) in [6, 6.07) is 15.9. The highest BCUT2D eigenvalue weighted by molar-refractivity contribution is 7.18. The average molecular weight is 483 g/mol. The van der Waals surface area contributed by atoms with Gasteiger partial charge in [0.15, 0.2) is 0 Å². The number of para-hydroxylation sites is 1. The second-order valence-corrected chi connectivity index (χ2v) is 10.1. The molecule has 2 amide bonds. The molecule has 0 aliphatic carbocycles. The van der Waals surface area contributed by atoms with Crippen LogP contribution in [0.15, 0.2) is 48.5 Å². The zero-order valence-electron chi connectivity index (χ0n) is 18.5. The maximum atomic E-state index is 13.0. The number of nitrogens with zero attached hydrogens (tertiary/aromatic N) is 4. The van der Waals surface area contributed by atoms with E-state index < -0.39 is 0 Å². The third kappa shape index (κ3) is 4.84. The van der Waals surface area contributed by atoms with Gasteiger partial charge in [-0.3, -0.25) is 9.59 Å². The van der Waals surface area contributed by atoms with Gasteiger partial charge in [-0.25, -0.2) is 4.98 Å². The largest absolute Gasteiger partial charge is 0.368 e. The molecule has 0 unspecified atom stereocenters. The molecule has 3 aromatic rings. The summed E-state index contributed by atoms with van der Waals surface area (Å²) < 4.78 is 1.15. The van der Waals surface area contributed by atoms with Crippen molar-refractivity contribution in [3.8, 4) is 0 Å². The van der Waals surface area contributed by atoms with E-state index in [4.69, 9.17) is 16.6 Å². The molecule has 2 aliphatic heterocycles. The zero-order chi connectivity index (χ0) is 22.8. The molecule has 0 spiro atoms. The molecule has 2 aliphatic rings. The van der Waals surface area contributed by atoms with Gasteiger partial charge in [-0.1, -0.05) is 29.8 Å². The summed E-state index contributed by atoms with van der Waals surface area (Å²) in [6.07, 6.45) is 2.44. The molecule has 6 nitrogen and oxygen atoms in total. The first-order valence-electron chi connectivity index (χ1n) is 11.5. The highest BCUT2D eigenvalue weighted by Gasteiger charge is 2.32. The summed E-state index contributed by atoms with van der Waals surface area (Å²) >= 11 is 7.78. The van der Waals surface area contributed by atoms with E-state index in [0.717, 1.165) is 58.4 Å². The van der Waals surface area contributed by atoms with E-state index in [9.17, 15) is 9.59 Å². The molecule has 8 heteroatoms. The zero-order valence-corrected chi connectivity index (χ0v) is 20.0. The molecule has 2 fully saturated rings. The quantitative estimate of drug-likeness (QED) is 0.527. The molecular formula is C25H27ClN4O2S. The smallest absolute Gasteiger partial charge is 0.223 e. The monoisotopic (exact) mass is 482 g/mol. The van der Waals surface area contributed by atoms with E-state index >= 15 is 0 Å². The number of carbonyl (C=O) groups is 2. The maximum absolute atomic E-state index is 13.0. The van der Waals surface area contributed by atoms with Crippen LogP contribution in [0.3, 0.4) is 0 Å². The lowest BCUT2D eigenvalue weighted by Crippen LogP contribution is -2.49. The van der Waals surface area contributed by atoms with Crippen molar-refractivity contribution >= 4 is 50.7 Å². The molecule has 3 heterocycles. The Kier molecular flexibility index (Phi) is 6.51. The molecule has 2 aromatic carbocycles. The Bertz CT molecular complexity index is 1130. The number of amides is 2. The third-order valence-corrected chi connectivity index (χ3v) is 7.90. The van der Waals surface area contributed by atoms with E-state index in [1.54, 1.807) is 11.3 Å². The number of benzene rings is 2. The van der Waals surface area contributed by atoms with Gasteiger partial charge in [0, 0.05) is 56.3 Å². The van der Waals surface area contributed by atoms with Gasteiger partial charge in [-0.05, 0) is 43.2 Å². The number of halogens is 1. The lowest BCUT2D eigenvalue weighted by molar-refractivity contribution is -0.137. The molecule has 5 rings (SSSR count). The first-order valence-corrected chi connectivity index (χ1v) is 12.7. The van der Waals surface area contributed by atoms with Crippen LogP contribution in [0.25, 0.3) is 10.2 Å². The van der Waals surface area contributed by atoms with Gasteiger partial charge in [0.1, 0.15) is 5.01 Å². The van der Waals surface area contributed by atoms with Gasteiger partial charge in [0.25, 0.3) is 0 Å². The minimum absolute atomic E-state index is 0.0336. The Labute approximate surface area is 202 Å². The highest BCUT2D eigenvalue weighted by atomic mass is 35.5. The van der Waals surface area contributed by atoms with Crippen LogP contribution >= 0.6 is 22.9 Å². The van der Waals surface area contributed by atoms with Crippen molar-refractivity contribution in [2.45, 2.75) is 31.7 Å². The van der Waals surface area contributed by atoms with Crippen molar-refractivity contribution in [2.75, 3.05) is 37.6 Å². The van der Waals surface area contributed by atoms with Crippen molar-refractivity contribution in [1.82, 2.24) is 14.8 Å². The molecule has 33 heavy (non-hydrogen) atoms. The van der Waals surface area contributed by atoms with E-state index in [0.29, 0.717) is 13.1 Å². The molecule has 0 bridgehead atoms. The van der Waals surface area contributed by atoms with E-state index in [2.05, 4.69) is 11.0 Å². The van der Waals surface area contributed by atoms with Crippen molar-refractivity contribution in [2.24, 2.45) is 0 Å². The Morgan fingerprint density at radius 2 is 1.76 bits per heavy atom. The molecule has 0 saturated carbocycles. The SMILES string of the molecule is O=C(CCC(=O)N1CCC[C@@H]1c1nc2ccccc2s1)N1CCN(c2cccc(Cl)c2)CC1. The Hall–Kier alpha value is -2.64. The topological polar surface area (TPSA) is 56.8 Å². The molecule has 0 N–H and O–H groups in total.